The van der Waals surface area contributed by atoms with Crippen molar-refractivity contribution in [1.82, 2.24) is 4.57 Å². The van der Waals surface area contributed by atoms with Crippen LogP contribution >= 0.6 is 11.3 Å². The minimum absolute atomic E-state index is 0.450. The van der Waals surface area contributed by atoms with Gasteiger partial charge in [0.05, 0.1) is 16.4 Å². The molecular formula is C29H25N3O2S. The Labute approximate surface area is 208 Å². The lowest BCUT2D eigenvalue weighted by Crippen LogP contribution is -2.08. The third-order valence-electron chi connectivity index (χ3n) is 5.51. The van der Waals surface area contributed by atoms with Gasteiger partial charge in [0.25, 0.3) is 0 Å². The predicted octanol–water partition coefficient (Wildman–Crippen LogP) is 6.33. The highest BCUT2D eigenvalue weighted by Gasteiger charge is 2.08. The van der Waals surface area contributed by atoms with Crippen LogP contribution in [0, 0.1) is 0 Å². The zero-order chi connectivity index (χ0) is 23.9. The highest BCUT2D eigenvalue weighted by Crippen LogP contribution is 2.30. The lowest BCUT2D eigenvalue weighted by Gasteiger charge is -2.14. The quantitative estimate of drug-likeness (QED) is 0.193. The first-order chi connectivity index (χ1) is 17.3. The molecule has 4 aromatic carbocycles. The van der Waals surface area contributed by atoms with Crippen molar-refractivity contribution in [3.63, 3.8) is 0 Å². The summed E-state index contributed by atoms with van der Waals surface area (Å²) in [5, 5.41) is 8.78. The fourth-order valence-electron chi connectivity index (χ4n) is 3.63. The van der Waals surface area contributed by atoms with Gasteiger partial charge in [0.1, 0.15) is 13.2 Å². The molecule has 1 aromatic heterocycles. The Kier molecular flexibility index (Phi) is 7.01. The second-order valence-corrected chi connectivity index (χ2v) is 9.02. The number of fused-ring (bicyclic) bond motifs is 1. The molecule has 0 aliphatic carbocycles. The number of hydrogen-bond donors (Lipinski definition) is 0. The Balaban J connectivity index is 1.38. The number of ether oxygens (including phenoxy) is 2. The molecule has 5 nitrogen and oxygen atoms in total. The van der Waals surface area contributed by atoms with Crippen LogP contribution in [0.25, 0.3) is 10.2 Å². The molecule has 6 heteroatoms. The molecule has 0 spiro atoms. The van der Waals surface area contributed by atoms with Crippen LogP contribution in [0.3, 0.4) is 0 Å². The average Bonchev–Trinajstić information content (AvgIpc) is 3.23. The van der Waals surface area contributed by atoms with Crippen LogP contribution in [0.4, 0.5) is 0 Å². The van der Waals surface area contributed by atoms with Crippen molar-refractivity contribution in [3.8, 4) is 11.5 Å². The van der Waals surface area contributed by atoms with E-state index in [2.05, 4.69) is 22.3 Å². The molecule has 0 atom stereocenters. The number of benzene rings is 4. The van der Waals surface area contributed by atoms with Crippen molar-refractivity contribution in [3.05, 3.63) is 125 Å². The molecule has 174 valence electrons. The maximum absolute atomic E-state index is 6.16. The van der Waals surface area contributed by atoms with Gasteiger partial charge < -0.3 is 14.0 Å². The molecule has 0 amide bonds. The Morgan fingerprint density at radius 1 is 0.743 bits per heavy atom. The largest absolute Gasteiger partial charge is 0.485 e. The molecule has 1 heterocycles. The molecule has 0 aliphatic heterocycles. The maximum atomic E-state index is 6.16. The summed E-state index contributed by atoms with van der Waals surface area (Å²) in [5.41, 5.74) is 4.21. The van der Waals surface area contributed by atoms with Crippen LogP contribution in [0.2, 0.25) is 0 Å². The van der Waals surface area contributed by atoms with Crippen molar-refractivity contribution in [1.29, 1.82) is 0 Å². The molecule has 0 bridgehead atoms. The molecular weight excluding hydrogens is 454 g/mol. The van der Waals surface area contributed by atoms with E-state index < -0.39 is 0 Å². The van der Waals surface area contributed by atoms with E-state index in [-0.39, 0.29) is 0 Å². The highest BCUT2D eigenvalue weighted by molar-refractivity contribution is 7.16. The van der Waals surface area contributed by atoms with E-state index in [1.54, 1.807) is 17.6 Å². The second kappa shape index (κ2) is 10.8. The lowest BCUT2D eigenvalue weighted by molar-refractivity contribution is 0.256. The van der Waals surface area contributed by atoms with Crippen molar-refractivity contribution in [2.45, 2.75) is 13.2 Å². The summed E-state index contributed by atoms with van der Waals surface area (Å²) in [6.07, 6.45) is 1.74. The third-order valence-corrected chi connectivity index (χ3v) is 6.61. The number of nitrogens with zero attached hydrogens (tertiary/aromatic N) is 3. The molecule has 0 aliphatic rings. The van der Waals surface area contributed by atoms with Gasteiger partial charge in [-0.15, -0.1) is 5.10 Å². The van der Waals surface area contributed by atoms with Crippen molar-refractivity contribution < 1.29 is 9.47 Å². The fraction of sp³-hybridized carbons (Fsp3) is 0.103. The second-order valence-electron chi connectivity index (χ2n) is 8.01. The van der Waals surface area contributed by atoms with Crippen LogP contribution in [0.5, 0.6) is 11.5 Å². The molecule has 0 radical (unpaired) electrons. The summed E-state index contributed by atoms with van der Waals surface area (Å²) in [5.74, 6) is 1.36. The summed E-state index contributed by atoms with van der Waals surface area (Å²) < 4.78 is 15.5. The van der Waals surface area contributed by atoms with Crippen LogP contribution in [0.15, 0.2) is 113 Å². The molecule has 0 N–H and O–H groups in total. The molecule has 0 unspecified atom stereocenters. The van der Waals surface area contributed by atoms with E-state index in [1.807, 2.05) is 103 Å². The monoisotopic (exact) mass is 479 g/mol. The summed E-state index contributed by atoms with van der Waals surface area (Å²) >= 11 is 1.61. The topological polar surface area (TPSA) is 48.1 Å². The predicted molar refractivity (Wildman–Crippen MR) is 142 cm³/mol. The first kappa shape index (κ1) is 22.6. The first-order valence-electron chi connectivity index (χ1n) is 11.4. The molecule has 0 fully saturated rings. The molecule has 35 heavy (non-hydrogen) atoms. The number of rotatable bonds is 8. The molecule has 0 saturated heterocycles. The fourth-order valence-corrected chi connectivity index (χ4v) is 4.61. The number of hydrogen-bond acceptors (Lipinski definition) is 5. The van der Waals surface area contributed by atoms with Crippen LogP contribution in [0.1, 0.15) is 16.7 Å². The van der Waals surface area contributed by atoms with E-state index in [0.717, 1.165) is 27.0 Å². The van der Waals surface area contributed by atoms with E-state index in [9.17, 15) is 0 Å². The number of para-hydroxylation sites is 1. The van der Waals surface area contributed by atoms with E-state index >= 15 is 0 Å². The normalized spacial score (nSPS) is 11.9. The van der Waals surface area contributed by atoms with Crippen molar-refractivity contribution in [2.75, 3.05) is 0 Å². The lowest BCUT2D eigenvalue weighted by atomic mass is 10.2. The Morgan fingerprint density at radius 3 is 2.06 bits per heavy atom. The molecule has 0 saturated carbocycles. The minimum atomic E-state index is 0.450. The van der Waals surface area contributed by atoms with Gasteiger partial charge in [-0.3, -0.25) is 0 Å². The highest BCUT2D eigenvalue weighted by atomic mass is 32.1. The number of aryl methyl sites for hydroxylation is 1. The Morgan fingerprint density at radius 2 is 1.37 bits per heavy atom. The van der Waals surface area contributed by atoms with Gasteiger partial charge in [0.15, 0.2) is 11.5 Å². The number of aromatic nitrogens is 1. The SMILES string of the molecule is Cn1/c(=N\N=C/c2ccc(OCc3ccccc3)c(OCc3ccccc3)c2)sc2ccccc21. The third kappa shape index (κ3) is 5.67. The van der Waals surface area contributed by atoms with E-state index in [1.165, 1.54) is 4.70 Å². The summed E-state index contributed by atoms with van der Waals surface area (Å²) in [6.45, 7) is 0.916. The van der Waals surface area contributed by atoms with Gasteiger partial charge >= 0.3 is 0 Å². The van der Waals surface area contributed by atoms with E-state index in [0.29, 0.717) is 24.7 Å². The van der Waals surface area contributed by atoms with Crippen molar-refractivity contribution in [2.24, 2.45) is 17.3 Å². The standard InChI is InChI=1S/C29H25N3O2S/c1-32-25-14-8-9-15-28(25)35-29(32)31-30-19-24-16-17-26(33-20-22-10-4-2-5-11-22)27(18-24)34-21-23-12-6-3-7-13-23/h2-19H,20-21H2,1H3/b30-19-,31-29+. The summed E-state index contributed by atoms with van der Waals surface area (Å²) in [6, 6.07) is 34.2. The minimum Gasteiger partial charge on any atom is -0.485 e. The van der Waals surface area contributed by atoms with Gasteiger partial charge in [-0.2, -0.15) is 5.10 Å². The smallest absolute Gasteiger partial charge is 0.211 e. The summed E-state index contributed by atoms with van der Waals surface area (Å²) in [4.78, 5) is 0.839. The molecule has 5 rings (SSSR count). The average molecular weight is 480 g/mol. The zero-order valence-corrected chi connectivity index (χ0v) is 20.2. The Hall–Kier alpha value is -4.16. The summed E-state index contributed by atoms with van der Waals surface area (Å²) in [7, 11) is 2.00. The van der Waals surface area contributed by atoms with Gasteiger partial charge in [0.2, 0.25) is 4.80 Å². The van der Waals surface area contributed by atoms with E-state index in [4.69, 9.17) is 9.47 Å². The van der Waals surface area contributed by atoms with Crippen LogP contribution in [-0.2, 0) is 20.3 Å². The van der Waals surface area contributed by atoms with Gasteiger partial charge in [0, 0.05) is 7.05 Å². The van der Waals surface area contributed by atoms with Gasteiger partial charge in [-0.1, -0.05) is 84.1 Å². The molecule has 5 aromatic rings. The van der Waals surface area contributed by atoms with Crippen LogP contribution < -0.4 is 14.3 Å². The Bertz CT molecular complexity index is 1510. The number of thiazole rings is 1. The van der Waals surface area contributed by atoms with Crippen molar-refractivity contribution >= 4 is 27.8 Å². The van der Waals surface area contributed by atoms with Gasteiger partial charge in [-0.25, -0.2) is 0 Å². The first-order valence-corrected chi connectivity index (χ1v) is 12.2. The van der Waals surface area contributed by atoms with Gasteiger partial charge in [-0.05, 0) is 47.0 Å². The zero-order valence-electron chi connectivity index (χ0n) is 19.4. The van der Waals surface area contributed by atoms with Crippen LogP contribution in [-0.4, -0.2) is 10.8 Å². The maximum Gasteiger partial charge on any atom is 0.211 e.